The highest BCUT2D eigenvalue weighted by Gasteiger charge is 2.21. The van der Waals surface area contributed by atoms with Crippen LogP contribution in [0.2, 0.25) is 0 Å². The molecule has 238 valence electrons. The quantitative estimate of drug-likeness (QED) is 0.173. The van der Waals surface area contributed by atoms with Crippen molar-refractivity contribution in [3.05, 3.63) is 194 Å². The Balaban J connectivity index is 1.30. The van der Waals surface area contributed by atoms with E-state index in [2.05, 4.69) is 199 Å². The molecule has 0 fully saturated rings. The lowest BCUT2D eigenvalue weighted by Gasteiger charge is -2.26. The highest BCUT2D eigenvalue weighted by atomic mass is 15.2. The van der Waals surface area contributed by atoms with Crippen molar-refractivity contribution >= 4 is 71.2 Å². The number of nitrogens with zero attached hydrogens (tertiary/aromatic N) is 2. The van der Waals surface area contributed by atoms with Gasteiger partial charge in [0.25, 0.3) is 0 Å². The molecule has 0 aliphatic heterocycles. The summed E-state index contributed by atoms with van der Waals surface area (Å²) in [6.45, 7) is 0. The number of hydrogen-bond acceptors (Lipinski definition) is 2. The van der Waals surface area contributed by atoms with Crippen molar-refractivity contribution in [2.45, 2.75) is 0 Å². The topological polar surface area (TPSA) is 16.1 Å². The molecule has 0 spiro atoms. The summed E-state index contributed by atoms with van der Waals surface area (Å²) < 4.78 is 0. The van der Waals surface area contributed by atoms with Gasteiger partial charge in [-0.2, -0.15) is 0 Å². The van der Waals surface area contributed by atoms with Gasteiger partial charge in [-0.05, 0) is 120 Å². The zero-order valence-electron chi connectivity index (χ0n) is 27.9. The van der Waals surface area contributed by atoms with Crippen LogP contribution in [0.3, 0.4) is 0 Å². The van der Waals surface area contributed by atoms with Crippen LogP contribution in [0.1, 0.15) is 0 Å². The fourth-order valence-corrected chi connectivity index (χ4v) is 7.79. The van der Waals surface area contributed by atoms with E-state index in [4.69, 9.17) is 4.98 Å². The van der Waals surface area contributed by atoms with E-state index < -0.39 is 0 Å². The molecule has 0 unspecified atom stereocenters. The molecule has 51 heavy (non-hydrogen) atoms. The van der Waals surface area contributed by atoms with Gasteiger partial charge in [0, 0.05) is 16.8 Å². The largest absolute Gasteiger partial charge is 0.295 e. The first kappa shape index (κ1) is 29.2. The molecule has 0 aliphatic rings. The van der Waals surface area contributed by atoms with E-state index in [0.29, 0.717) is 0 Å². The van der Waals surface area contributed by atoms with E-state index >= 15 is 0 Å². The van der Waals surface area contributed by atoms with Gasteiger partial charge in [0.1, 0.15) is 5.82 Å². The average Bonchev–Trinajstić information content (AvgIpc) is 3.20. The number of pyridine rings is 1. The molecular weight excluding hydrogens is 617 g/mol. The van der Waals surface area contributed by atoms with Crippen molar-refractivity contribution in [2.75, 3.05) is 4.90 Å². The van der Waals surface area contributed by atoms with Crippen LogP contribution in [0.25, 0.3) is 76.2 Å². The smallest absolute Gasteiger partial charge is 0.138 e. The van der Waals surface area contributed by atoms with Crippen molar-refractivity contribution < 1.29 is 0 Å². The van der Waals surface area contributed by atoms with E-state index in [1.165, 1.54) is 65.3 Å². The van der Waals surface area contributed by atoms with Crippen molar-refractivity contribution in [3.8, 4) is 22.3 Å². The summed E-state index contributed by atoms with van der Waals surface area (Å²) in [5, 5.41) is 11.0. The SMILES string of the molecule is c1ccc(N(c2ccc3c(-c4ccc5ccccc5c4)c4ccccc4c(-c4ccc5ccccc5c4)c3c2)c2ccc3ccccc3n2)cc1. The van der Waals surface area contributed by atoms with Crippen molar-refractivity contribution in [2.24, 2.45) is 0 Å². The number of rotatable bonds is 5. The maximum absolute atomic E-state index is 5.19. The second-order valence-corrected chi connectivity index (χ2v) is 13.2. The molecule has 0 bridgehead atoms. The van der Waals surface area contributed by atoms with Crippen LogP contribution in [0.15, 0.2) is 194 Å². The molecule has 0 saturated heterocycles. The fraction of sp³-hybridized carbons (Fsp3) is 0. The summed E-state index contributed by atoms with van der Waals surface area (Å²) in [4.78, 5) is 7.47. The third kappa shape index (κ3) is 5.00. The first-order valence-corrected chi connectivity index (χ1v) is 17.5. The van der Waals surface area contributed by atoms with Crippen molar-refractivity contribution in [1.82, 2.24) is 4.98 Å². The predicted octanol–water partition coefficient (Wildman–Crippen LogP) is 13.7. The summed E-state index contributed by atoms with van der Waals surface area (Å²) >= 11 is 0. The fourth-order valence-electron chi connectivity index (χ4n) is 7.79. The lowest BCUT2D eigenvalue weighted by molar-refractivity contribution is 1.21. The average molecular weight is 649 g/mol. The lowest BCUT2D eigenvalue weighted by Crippen LogP contribution is -2.11. The molecule has 9 aromatic carbocycles. The lowest BCUT2D eigenvalue weighted by atomic mass is 9.85. The Hall–Kier alpha value is -6.77. The molecule has 2 nitrogen and oxygen atoms in total. The van der Waals surface area contributed by atoms with Gasteiger partial charge in [0.05, 0.1) is 5.52 Å². The van der Waals surface area contributed by atoms with E-state index in [9.17, 15) is 0 Å². The number of hydrogen-bond donors (Lipinski definition) is 0. The van der Waals surface area contributed by atoms with Crippen LogP contribution in [0.4, 0.5) is 17.2 Å². The second kappa shape index (κ2) is 12.0. The summed E-state index contributed by atoms with van der Waals surface area (Å²) in [6.07, 6.45) is 0. The van der Waals surface area contributed by atoms with E-state index in [1.54, 1.807) is 0 Å². The maximum atomic E-state index is 5.19. The Morgan fingerprint density at radius 2 is 0.824 bits per heavy atom. The first-order chi connectivity index (χ1) is 25.3. The number of fused-ring (bicyclic) bond motifs is 5. The Kier molecular flexibility index (Phi) is 6.85. The molecule has 0 amide bonds. The number of anilines is 3. The van der Waals surface area contributed by atoms with Gasteiger partial charge < -0.3 is 0 Å². The first-order valence-electron chi connectivity index (χ1n) is 17.5. The maximum Gasteiger partial charge on any atom is 0.138 e. The molecule has 0 aliphatic carbocycles. The minimum Gasteiger partial charge on any atom is -0.295 e. The minimum atomic E-state index is 0.877. The van der Waals surface area contributed by atoms with Crippen LogP contribution < -0.4 is 4.90 Å². The third-order valence-electron chi connectivity index (χ3n) is 10.2. The molecule has 0 N–H and O–H groups in total. The Bertz CT molecular complexity index is 2930. The monoisotopic (exact) mass is 648 g/mol. The number of benzene rings is 9. The predicted molar refractivity (Wildman–Crippen MR) is 217 cm³/mol. The van der Waals surface area contributed by atoms with Gasteiger partial charge in [-0.15, -0.1) is 0 Å². The zero-order valence-corrected chi connectivity index (χ0v) is 27.9. The van der Waals surface area contributed by atoms with Gasteiger partial charge in [0.15, 0.2) is 0 Å². The van der Waals surface area contributed by atoms with Gasteiger partial charge in [-0.1, -0.05) is 140 Å². The summed E-state index contributed by atoms with van der Waals surface area (Å²) in [5.41, 5.74) is 7.98. The molecular formula is C49H32N2. The highest BCUT2D eigenvalue weighted by Crippen LogP contribution is 2.47. The number of aromatic nitrogens is 1. The Morgan fingerprint density at radius 3 is 1.49 bits per heavy atom. The molecule has 10 aromatic rings. The van der Waals surface area contributed by atoms with Gasteiger partial charge >= 0.3 is 0 Å². The second-order valence-electron chi connectivity index (χ2n) is 13.2. The van der Waals surface area contributed by atoms with Gasteiger partial charge in [-0.3, -0.25) is 4.90 Å². The molecule has 1 aromatic heterocycles. The van der Waals surface area contributed by atoms with Crippen LogP contribution in [-0.2, 0) is 0 Å². The van der Waals surface area contributed by atoms with Gasteiger partial charge in [-0.25, -0.2) is 4.98 Å². The highest BCUT2D eigenvalue weighted by molar-refractivity contribution is 6.22. The molecule has 1 heterocycles. The Labute approximate surface area is 296 Å². The van der Waals surface area contributed by atoms with Crippen molar-refractivity contribution in [1.29, 1.82) is 0 Å². The number of para-hydroxylation sites is 2. The van der Waals surface area contributed by atoms with E-state index in [1.807, 2.05) is 0 Å². The summed E-state index contributed by atoms with van der Waals surface area (Å²) in [7, 11) is 0. The molecule has 0 atom stereocenters. The normalized spacial score (nSPS) is 11.5. The molecule has 0 saturated carbocycles. The Morgan fingerprint density at radius 1 is 0.314 bits per heavy atom. The summed E-state index contributed by atoms with van der Waals surface area (Å²) in [6, 6.07) is 70.0. The molecule has 10 rings (SSSR count). The van der Waals surface area contributed by atoms with Crippen LogP contribution in [0.5, 0.6) is 0 Å². The standard InChI is InChI=1S/C49H32N2/c1-2-17-40(18-3-1)51(47-29-26-35-14-8-11-21-46(35)50-47)41-27-28-44-45(32-41)49(39-25-23-34-13-5-7-16-37(34)31-39)43-20-10-9-19-42(43)48(44)38-24-22-33-12-4-6-15-36(33)30-38/h1-32H. The third-order valence-corrected chi connectivity index (χ3v) is 10.2. The molecule has 2 heteroatoms. The van der Waals surface area contributed by atoms with Crippen LogP contribution in [0, 0.1) is 0 Å². The summed E-state index contributed by atoms with van der Waals surface area (Å²) in [5.74, 6) is 0.877. The van der Waals surface area contributed by atoms with E-state index in [-0.39, 0.29) is 0 Å². The van der Waals surface area contributed by atoms with E-state index in [0.717, 1.165) is 28.1 Å². The van der Waals surface area contributed by atoms with Crippen LogP contribution in [-0.4, -0.2) is 4.98 Å². The molecule has 0 radical (unpaired) electrons. The zero-order chi connectivity index (χ0) is 33.7. The van der Waals surface area contributed by atoms with Gasteiger partial charge in [0.2, 0.25) is 0 Å². The minimum absolute atomic E-state index is 0.877. The van der Waals surface area contributed by atoms with Crippen LogP contribution >= 0.6 is 0 Å². The van der Waals surface area contributed by atoms with Crippen molar-refractivity contribution in [3.63, 3.8) is 0 Å².